The van der Waals surface area contributed by atoms with Crippen LogP contribution in [0.15, 0.2) is 36.5 Å². The molecule has 0 fully saturated rings. The number of hydrogen-bond donors (Lipinski definition) is 1. The first-order valence-corrected chi connectivity index (χ1v) is 7.12. The molecule has 22 heavy (non-hydrogen) atoms. The van der Waals surface area contributed by atoms with Crippen LogP contribution in [0.2, 0.25) is 15.2 Å². The molecule has 114 valence electrons. The Morgan fingerprint density at radius 1 is 1.09 bits per heavy atom. The fourth-order valence-electron chi connectivity index (χ4n) is 1.53. The summed E-state index contributed by atoms with van der Waals surface area (Å²) in [5.74, 6) is -1.20. The lowest BCUT2D eigenvalue weighted by Gasteiger charge is -2.07. The predicted octanol–water partition coefficient (Wildman–Crippen LogP) is 3.84. The normalized spacial score (nSPS) is 10.1. The van der Waals surface area contributed by atoms with E-state index in [4.69, 9.17) is 39.5 Å². The van der Waals surface area contributed by atoms with Crippen molar-refractivity contribution >= 4 is 52.4 Å². The number of esters is 1. The van der Waals surface area contributed by atoms with Crippen molar-refractivity contribution in [1.82, 2.24) is 4.98 Å². The lowest BCUT2D eigenvalue weighted by atomic mass is 10.3. The summed E-state index contributed by atoms with van der Waals surface area (Å²) in [6.07, 6.45) is 1.26. The maximum absolute atomic E-state index is 11.7. The molecule has 0 bridgehead atoms. The monoisotopic (exact) mass is 358 g/mol. The van der Waals surface area contributed by atoms with Crippen molar-refractivity contribution in [2.45, 2.75) is 0 Å². The van der Waals surface area contributed by atoms with Gasteiger partial charge < -0.3 is 10.1 Å². The number of ether oxygens (including phenoxy) is 1. The van der Waals surface area contributed by atoms with Crippen LogP contribution in [0.25, 0.3) is 0 Å². The maximum Gasteiger partial charge on any atom is 0.340 e. The van der Waals surface area contributed by atoms with E-state index in [0.717, 1.165) is 0 Å². The molecule has 0 atom stereocenters. The van der Waals surface area contributed by atoms with Crippen LogP contribution in [-0.2, 0) is 9.53 Å². The topological polar surface area (TPSA) is 68.3 Å². The van der Waals surface area contributed by atoms with Gasteiger partial charge in [0.25, 0.3) is 5.91 Å². The summed E-state index contributed by atoms with van der Waals surface area (Å²) in [5.41, 5.74) is 0.606. The first-order chi connectivity index (χ1) is 10.4. The minimum absolute atomic E-state index is 0.197. The Balaban J connectivity index is 1.89. The molecule has 0 aliphatic heterocycles. The molecule has 2 aromatic rings. The number of hydrogen-bond acceptors (Lipinski definition) is 4. The van der Waals surface area contributed by atoms with Gasteiger partial charge in [-0.25, -0.2) is 9.78 Å². The van der Waals surface area contributed by atoms with Crippen LogP contribution < -0.4 is 5.32 Å². The Hall–Kier alpha value is -1.82. The Morgan fingerprint density at radius 2 is 1.77 bits per heavy atom. The minimum Gasteiger partial charge on any atom is -0.452 e. The van der Waals surface area contributed by atoms with Crippen LogP contribution in [0, 0.1) is 0 Å². The van der Waals surface area contributed by atoms with Crippen molar-refractivity contribution in [3.8, 4) is 0 Å². The molecule has 8 heteroatoms. The van der Waals surface area contributed by atoms with Crippen LogP contribution in [0.3, 0.4) is 0 Å². The highest BCUT2D eigenvalue weighted by Crippen LogP contribution is 2.22. The van der Waals surface area contributed by atoms with Crippen molar-refractivity contribution in [2.75, 3.05) is 11.9 Å². The number of carbonyl (C=O) groups excluding carboxylic acids is 2. The molecule has 0 radical (unpaired) electrons. The largest absolute Gasteiger partial charge is 0.452 e. The maximum atomic E-state index is 11.7. The Kier molecular flexibility index (Phi) is 5.60. The number of rotatable bonds is 4. The van der Waals surface area contributed by atoms with E-state index < -0.39 is 18.5 Å². The van der Waals surface area contributed by atoms with E-state index in [0.29, 0.717) is 15.7 Å². The number of nitrogens with one attached hydrogen (secondary N) is 1. The summed E-state index contributed by atoms with van der Waals surface area (Å²) in [7, 11) is 0. The molecule has 0 saturated heterocycles. The van der Waals surface area contributed by atoms with Gasteiger partial charge in [-0.15, -0.1) is 0 Å². The molecule has 0 spiro atoms. The molecule has 1 aromatic carbocycles. The fraction of sp³-hybridized carbons (Fsp3) is 0.0714. The van der Waals surface area contributed by atoms with E-state index >= 15 is 0 Å². The van der Waals surface area contributed by atoms with Crippen molar-refractivity contribution in [2.24, 2.45) is 0 Å². The van der Waals surface area contributed by atoms with Gasteiger partial charge in [-0.2, -0.15) is 0 Å². The van der Waals surface area contributed by atoms with Gasteiger partial charge in [0.2, 0.25) is 0 Å². The predicted molar refractivity (Wildman–Crippen MR) is 84.6 cm³/mol. The van der Waals surface area contributed by atoms with Crippen molar-refractivity contribution in [3.05, 3.63) is 57.3 Å². The number of benzene rings is 1. The quantitative estimate of drug-likeness (QED) is 0.665. The highest BCUT2D eigenvalue weighted by Gasteiger charge is 2.11. The Bertz CT molecular complexity index is 685. The van der Waals surface area contributed by atoms with E-state index in [2.05, 4.69) is 10.3 Å². The highest BCUT2D eigenvalue weighted by molar-refractivity contribution is 6.35. The molecule has 0 saturated carbocycles. The van der Waals surface area contributed by atoms with Crippen molar-refractivity contribution < 1.29 is 14.3 Å². The molecule has 0 aliphatic rings. The zero-order valence-electron chi connectivity index (χ0n) is 11.0. The lowest BCUT2D eigenvalue weighted by molar-refractivity contribution is -0.119. The first-order valence-electron chi connectivity index (χ1n) is 5.98. The SMILES string of the molecule is O=C(COC(=O)c1ccc(Cl)nc1)Nc1cc(Cl)cc(Cl)c1. The Labute approximate surface area is 141 Å². The van der Waals surface area contributed by atoms with E-state index in [1.165, 1.54) is 36.5 Å². The van der Waals surface area contributed by atoms with E-state index in [1.54, 1.807) is 0 Å². The van der Waals surface area contributed by atoms with Gasteiger partial charge in [0.1, 0.15) is 5.15 Å². The van der Waals surface area contributed by atoms with Crippen LogP contribution >= 0.6 is 34.8 Å². The summed E-state index contributed by atoms with van der Waals surface area (Å²) in [6.45, 7) is -0.453. The molecule has 1 N–H and O–H groups in total. The number of aromatic nitrogens is 1. The highest BCUT2D eigenvalue weighted by atomic mass is 35.5. The van der Waals surface area contributed by atoms with Crippen LogP contribution in [0.4, 0.5) is 5.69 Å². The Morgan fingerprint density at radius 3 is 2.36 bits per heavy atom. The second kappa shape index (κ2) is 7.45. The standard InChI is InChI=1S/C14H9Cl3N2O3/c15-9-3-10(16)5-11(4-9)19-13(20)7-22-14(21)8-1-2-12(17)18-6-8/h1-6H,7H2,(H,19,20). The minimum atomic E-state index is -0.677. The number of anilines is 1. The molecular formula is C14H9Cl3N2O3. The summed E-state index contributed by atoms with van der Waals surface area (Å²) in [5, 5.41) is 3.54. The number of halogens is 3. The van der Waals surface area contributed by atoms with E-state index in [9.17, 15) is 9.59 Å². The van der Waals surface area contributed by atoms with Crippen molar-refractivity contribution in [3.63, 3.8) is 0 Å². The van der Waals surface area contributed by atoms with Crippen LogP contribution in [0.5, 0.6) is 0 Å². The van der Waals surface area contributed by atoms with Crippen molar-refractivity contribution in [1.29, 1.82) is 0 Å². The second-order valence-corrected chi connectivity index (χ2v) is 5.41. The average molecular weight is 360 g/mol. The molecule has 2 rings (SSSR count). The van der Waals surface area contributed by atoms with E-state index in [-0.39, 0.29) is 10.7 Å². The van der Waals surface area contributed by atoms with Gasteiger partial charge in [0.15, 0.2) is 6.61 Å². The lowest BCUT2D eigenvalue weighted by Crippen LogP contribution is -2.21. The number of nitrogens with zero attached hydrogens (tertiary/aromatic N) is 1. The zero-order valence-corrected chi connectivity index (χ0v) is 13.2. The molecule has 1 aromatic heterocycles. The van der Waals surface area contributed by atoms with Crippen LogP contribution in [-0.4, -0.2) is 23.5 Å². The average Bonchev–Trinajstić information content (AvgIpc) is 2.44. The fourth-order valence-corrected chi connectivity index (χ4v) is 2.17. The van der Waals surface area contributed by atoms with Gasteiger partial charge >= 0.3 is 5.97 Å². The third kappa shape index (κ3) is 4.87. The number of pyridine rings is 1. The molecule has 5 nitrogen and oxygen atoms in total. The van der Waals surface area contributed by atoms with Gasteiger partial charge in [-0.3, -0.25) is 4.79 Å². The number of carbonyl (C=O) groups is 2. The smallest absolute Gasteiger partial charge is 0.340 e. The summed E-state index contributed by atoms with van der Waals surface area (Å²) < 4.78 is 4.86. The van der Waals surface area contributed by atoms with Gasteiger partial charge in [0.05, 0.1) is 5.56 Å². The van der Waals surface area contributed by atoms with E-state index in [1.807, 2.05) is 0 Å². The third-order valence-electron chi connectivity index (χ3n) is 2.44. The summed E-state index contributed by atoms with van der Waals surface area (Å²) >= 11 is 17.2. The summed E-state index contributed by atoms with van der Waals surface area (Å²) in [4.78, 5) is 27.2. The zero-order chi connectivity index (χ0) is 16.1. The van der Waals surface area contributed by atoms with Crippen LogP contribution in [0.1, 0.15) is 10.4 Å². The van der Waals surface area contributed by atoms with Gasteiger partial charge in [0, 0.05) is 21.9 Å². The molecule has 0 unspecified atom stereocenters. The molecule has 0 aliphatic carbocycles. The summed E-state index contributed by atoms with van der Waals surface area (Å²) in [6, 6.07) is 7.48. The first kappa shape index (κ1) is 16.5. The third-order valence-corrected chi connectivity index (χ3v) is 3.10. The molecule has 1 heterocycles. The molecule has 1 amide bonds. The van der Waals surface area contributed by atoms with Gasteiger partial charge in [-0.05, 0) is 30.3 Å². The second-order valence-electron chi connectivity index (χ2n) is 4.15. The number of amides is 1. The van der Waals surface area contributed by atoms with Gasteiger partial charge in [-0.1, -0.05) is 34.8 Å². The molecular weight excluding hydrogens is 351 g/mol.